The van der Waals surface area contributed by atoms with Gasteiger partial charge in [-0.2, -0.15) is 110 Å². The van der Waals surface area contributed by atoms with E-state index < -0.39 is 115 Å². The molecule has 0 saturated carbocycles. The number of alkyl halides is 25. The molecule has 1 atom stereocenters. The molecule has 0 heterocycles. The molecular formula is C44H41F25O5. The van der Waals surface area contributed by atoms with Crippen molar-refractivity contribution in [3.8, 4) is 0 Å². The molecule has 0 amide bonds. The van der Waals surface area contributed by atoms with Crippen LogP contribution in [0.25, 0.3) is 0 Å². The Morgan fingerprint density at radius 1 is 0.324 bits per heavy atom. The van der Waals surface area contributed by atoms with Crippen molar-refractivity contribution in [3.63, 3.8) is 0 Å². The second kappa shape index (κ2) is 23.1. The topological polar surface area (TPSA) is 57.2 Å². The molecule has 3 aromatic rings. The van der Waals surface area contributed by atoms with Crippen LogP contribution < -0.4 is 0 Å². The molecule has 0 aliphatic rings. The van der Waals surface area contributed by atoms with Gasteiger partial charge in [-0.05, 0) is 29.5 Å². The Hall–Kier alpha value is -4.29. The summed E-state index contributed by atoms with van der Waals surface area (Å²) in [6.45, 7) is -0.924. The summed E-state index contributed by atoms with van der Waals surface area (Å²) in [7, 11) is 0. The van der Waals surface area contributed by atoms with Gasteiger partial charge in [0.25, 0.3) is 0 Å². The lowest BCUT2D eigenvalue weighted by Gasteiger charge is -2.45. The highest BCUT2D eigenvalue weighted by atomic mass is 19.4. The monoisotopic (exact) mass is 1120 g/mol. The summed E-state index contributed by atoms with van der Waals surface area (Å²) in [4.78, 5) is 0. The number of aliphatic hydroxyl groups excluding tert-OH is 1. The average Bonchev–Trinajstić information content (AvgIpc) is 3.31. The Morgan fingerprint density at radius 3 is 0.986 bits per heavy atom. The molecule has 5 nitrogen and oxygen atoms in total. The van der Waals surface area contributed by atoms with Crippen LogP contribution in [0, 0.1) is 0 Å². The van der Waals surface area contributed by atoms with Gasteiger partial charge in [-0.15, -0.1) is 0 Å². The zero-order valence-electron chi connectivity index (χ0n) is 37.3. The van der Waals surface area contributed by atoms with Gasteiger partial charge >= 0.3 is 71.3 Å². The molecule has 422 valence electrons. The number of aliphatic hydroxyl groups is 1. The van der Waals surface area contributed by atoms with Crippen LogP contribution in [0.1, 0.15) is 48.8 Å². The van der Waals surface area contributed by atoms with Gasteiger partial charge in [0.2, 0.25) is 0 Å². The van der Waals surface area contributed by atoms with Gasteiger partial charge in [0, 0.05) is 13.0 Å². The van der Waals surface area contributed by atoms with Gasteiger partial charge in [0.05, 0.1) is 39.6 Å². The normalized spacial score (nSPS) is 15.2. The first-order valence-electron chi connectivity index (χ1n) is 21.1. The highest BCUT2D eigenvalue weighted by Crippen LogP contribution is 2.68. The third-order valence-electron chi connectivity index (χ3n) is 11.0. The van der Waals surface area contributed by atoms with Crippen LogP contribution in [0.4, 0.5) is 110 Å². The molecule has 0 spiro atoms. The van der Waals surface area contributed by atoms with E-state index in [1.165, 1.54) is 0 Å². The van der Waals surface area contributed by atoms with Gasteiger partial charge in [-0.25, -0.2) is 0 Å². The fraction of sp³-hybridized carbons (Fsp3) is 0.591. The number of benzene rings is 3. The lowest BCUT2D eigenvalue weighted by atomic mass is 9.80. The summed E-state index contributed by atoms with van der Waals surface area (Å²) in [6, 6.07) is 28.2. The Balaban J connectivity index is 1.48. The lowest BCUT2D eigenvalue weighted by Crippen LogP contribution is -2.78. The first-order valence-corrected chi connectivity index (χ1v) is 21.1. The van der Waals surface area contributed by atoms with Crippen LogP contribution in [0.15, 0.2) is 91.0 Å². The van der Waals surface area contributed by atoms with Crippen molar-refractivity contribution in [2.75, 3.05) is 46.2 Å². The summed E-state index contributed by atoms with van der Waals surface area (Å²) in [6.07, 6.45) is -15.1. The molecule has 0 aromatic heterocycles. The molecule has 0 radical (unpaired) electrons. The summed E-state index contributed by atoms with van der Waals surface area (Å²) in [5.74, 6) is -98.4. The smallest absolute Gasteiger partial charge is 0.388 e. The van der Waals surface area contributed by atoms with Crippen molar-refractivity contribution in [2.45, 2.75) is 115 Å². The lowest BCUT2D eigenvalue weighted by molar-refractivity contribution is -0.482. The molecule has 0 saturated heterocycles. The van der Waals surface area contributed by atoms with Crippen LogP contribution in [0.2, 0.25) is 0 Å². The van der Waals surface area contributed by atoms with Gasteiger partial charge < -0.3 is 24.1 Å². The predicted molar refractivity (Wildman–Crippen MR) is 207 cm³/mol. The average molecular weight is 1120 g/mol. The molecule has 0 aliphatic carbocycles. The van der Waals surface area contributed by atoms with Gasteiger partial charge in [0.1, 0.15) is 11.7 Å². The van der Waals surface area contributed by atoms with E-state index in [-0.39, 0.29) is 46.1 Å². The fourth-order valence-corrected chi connectivity index (χ4v) is 6.78. The molecule has 3 aromatic carbocycles. The second-order valence-corrected chi connectivity index (χ2v) is 16.2. The Labute approximate surface area is 402 Å². The Morgan fingerprint density at radius 2 is 0.622 bits per heavy atom. The van der Waals surface area contributed by atoms with Crippen LogP contribution >= 0.6 is 0 Å². The number of halogens is 25. The summed E-state index contributed by atoms with van der Waals surface area (Å²) < 4.78 is 365. The SMILES string of the molecule is OC(COCCCCCCC(F)(F)C(F)(F)C(F)(F)C(F)(F)C(F)(F)C(F)(F)C(F)(F)C(F)(F)C(F)(F)C(F)(F)C(F)(F)C(F)(F)F)COCCOCCOC(c1ccccc1)(c1ccccc1)c1ccccc1. The van der Waals surface area contributed by atoms with E-state index in [1.54, 1.807) is 0 Å². The van der Waals surface area contributed by atoms with Gasteiger partial charge in [-0.1, -0.05) is 104 Å². The highest BCUT2D eigenvalue weighted by Gasteiger charge is 2.99. The third kappa shape index (κ3) is 11.7. The maximum atomic E-state index is 14.3. The number of hydrogen-bond acceptors (Lipinski definition) is 5. The van der Waals surface area contributed by atoms with Crippen LogP contribution in [0.5, 0.6) is 0 Å². The largest absolute Gasteiger partial charge is 0.460 e. The minimum Gasteiger partial charge on any atom is -0.388 e. The zero-order chi connectivity index (χ0) is 56.7. The zero-order valence-corrected chi connectivity index (χ0v) is 37.3. The van der Waals surface area contributed by atoms with E-state index in [9.17, 15) is 115 Å². The maximum Gasteiger partial charge on any atom is 0.460 e. The van der Waals surface area contributed by atoms with Crippen molar-refractivity contribution in [3.05, 3.63) is 108 Å². The third-order valence-corrected chi connectivity index (χ3v) is 11.0. The number of unbranched alkanes of at least 4 members (excludes halogenated alkanes) is 3. The maximum absolute atomic E-state index is 14.3. The second-order valence-electron chi connectivity index (χ2n) is 16.2. The molecule has 74 heavy (non-hydrogen) atoms. The quantitative estimate of drug-likeness (QED) is 0.0395. The van der Waals surface area contributed by atoms with Crippen molar-refractivity contribution >= 4 is 0 Å². The van der Waals surface area contributed by atoms with E-state index in [2.05, 4.69) is 0 Å². The summed E-state index contributed by atoms with van der Waals surface area (Å²) in [5, 5.41) is 10.1. The molecule has 1 N–H and O–H groups in total. The van der Waals surface area contributed by atoms with Crippen LogP contribution in [0.3, 0.4) is 0 Å². The molecule has 0 aliphatic heterocycles. The molecule has 1 unspecified atom stereocenters. The highest BCUT2D eigenvalue weighted by molar-refractivity contribution is 5.47. The minimum atomic E-state index is -9.62. The van der Waals surface area contributed by atoms with E-state index in [0.717, 1.165) is 16.7 Å². The number of rotatable bonds is 31. The predicted octanol–water partition coefficient (Wildman–Crippen LogP) is 13.9. The van der Waals surface area contributed by atoms with Crippen LogP contribution in [-0.2, 0) is 24.5 Å². The van der Waals surface area contributed by atoms with E-state index in [1.807, 2.05) is 91.0 Å². The molecule has 3 rings (SSSR count). The van der Waals surface area contributed by atoms with E-state index in [4.69, 9.17) is 18.9 Å². The first kappa shape index (κ1) is 64.0. The van der Waals surface area contributed by atoms with Crippen molar-refractivity contribution < 1.29 is 134 Å². The molecular weight excluding hydrogens is 1080 g/mol. The minimum absolute atomic E-state index is 0.0299. The molecule has 0 bridgehead atoms. The summed E-state index contributed by atoms with van der Waals surface area (Å²) >= 11 is 0. The Bertz CT molecular complexity index is 2080. The number of hydrogen-bond donors (Lipinski definition) is 1. The standard InChI is InChI=1S/C44H41F25O5/c45-32(46,34(47,48)35(49,50)36(51,52)37(53,54)38(55,56)39(57,58)40(59,60)41(61,62)42(63,64)43(65,66)44(67,68)69)20-12-1-2-13-21-72-26-31(70)27-73-23-22-71-24-25-74-33(28-14-6-3-7-15-28,29-16-8-4-9-17-29)30-18-10-5-11-19-30/h3-11,14-19,31,70H,1-2,12-13,20-27H2. The number of ether oxygens (including phenoxy) is 4. The molecule has 30 heteroatoms. The van der Waals surface area contributed by atoms with Crippen molar-refractivity contribution in [1.29, 1.82) is 0 Å². The summed E-state index contributed by atoms with van der Waals surface area (Å²) in [5.41, 5.74) is 1.51. The first-order chi connectivity index (χ1) is 33.7. The van der Waals surface area contributed by atoms with Gasteiger partial charge in [-0.3, -0.25) is 0 Å². The van der Waals surface area contributed by atoms with Crippen molar-refractivity contribution in [1.82, 2.24) is 0 Å². The van der Waals surface area contributed by atoms with Crippen LogP contribution in [-0.4, -0.2) is 129 Å². The van der Waals surface area contributed by atoms with E-state index in [0.29, 0.717) is 0 Å². The molecule has 0 fully saturated rings. The van der Waals surface area contributed by atoms with Crippen molar-refractivity contribution in [2.24, 2.45) is 0 Å². The van der Waals surface area contributed by atoms with E-state index >= 15 is 0 Å². The fourth-order valence-electron chi connectivity index (χ4n) is 6.78. The Kier molecular flexibility index (Phi) is 20.0. The van der Waals surface area contributed by atoms with Gasteiger partial charge in [0.15, 0.2) is 0 Å².